The molecule has 18 atom stereocenters. The maximum absolute atomic E-state index is 12.3. The zero-order valence-corrected chi connectivity index (χ0v) is 32.9. The number of aromatic hydroxyl groups is 3. The topological polar surface area (TPSA) is 387 Å². The number of esters is 1. The molecule has 0 bridgehead atoms. The lowest BCUT2D eigenvalue weighted by atomic mass is 9.98. The first kappa shape index (κ1) is 48.3. The zero-order chi connectivity index (χ0) is 45.7. The first-order chi connectivity index (χ1) is 29.9. The van der Waals surface area contributed by atoms with Gasteiger partial charge in [-0.1, -0.05) is 18.2 Å². The molecule has 4 fully saturated rings. The Morgan fingerprint density at radius 1 is 0.762 bits per heavy atom. The first-order valence-electron chi connectivity index (χ1n) is 19.4. The Balaban J connectivity index is 0.965. The molecule has 63 heavy (non-hydrogen) atoms. The van der Waals surface area contributed by atoms with Gasteiger partial charge in [-0.2, -0.15) is 5.26 Å². The quantitative estimate of drug-likeness (QED) is 0.0453. The normalized spacial score (nSPS) is 38.9. The molecule has 6 rings (SSSR count). The van der Waals surface area contributed by atoms with Gasteiger partial charge in [0.05, 0.1) is 32.5 Å². The van der Waals surface area contributed by atoms with Crippen LogP contribution in [0.25, 0.3) is 6.08 Å². The number of benzene rings is 2. The number of carbonyl (C=O) groups excluding carboxylic acids is 1. The first-order valence-corrected chi connectivity index (χ1v) is 19.4. The summed E-state index contributed by atoms with van der Waals surface area (Å²) in [5.41, 5.74) is -1.72. The highest BCUT2D eigenvalue weighted by Gasteiger charge is 2.54. The van der Waals surface area contributed by atoms with Crippen LogP contribution in [0.5, 0.6) is 17.2 Å². The lowest BCUT2D eigenvalue weighted by Gasteiger charge is -2.42. The van der Waals surface area contributed by atoms with E-state index in [0.717, 1.165) is 6.08 Å². The highest BCUT2D eigenvalue weighted by molar-refractivity contribution is 5.87. The van der Waals surface area contributed by atoms with Crippen molar-refractivity contribution in [2.75, 3.05) is 33.0 Å². The van der Waals surface area contributed by atoms with E-state index in [-0.39, 0.29) is 17.1 Å². The van der Waals surface area contributed by atoms with Crippen LogP contribution in [-0.4, -0.2) is 209 Å². The standard InChI is InChI=1S/C39H49NO23/c40-10-21(17-2-1-3-18(41)9-17)60-37-33(52)30(49)27(46)23(62-37)12-56-35-31(50)28(47)24(13-57-35)63-38-34(53)39(54,15-59-38)14-58-36-32(51)29(48)26(45)22(61-36)11-55-25(44)7-5-16-4-6-19(42)20(43)8-16/h1-9,21-24,26-38,41-43,45-54H,11-15H2/t21-,22+,23-,24-,26+,27-,28+,29+,30-,31-,32-,33-,34-,35-,36-,37-,38-,39-/m1/s1. The van der Waals surface area contributed by atoms with E-state index in [0.29, 0.717) is 5.56 Å². The molecule has 4 saturated heterocycles. The lowest BCUT2D eigenvalue weighted by molar-refractivity contribution is -0.331. The van der Waals surface area contributed by atoms with Crippen LogP contribution in [0.1, 0.15) is 17.2 Å². The van der Waals surface area contributed by atoms with E-state index < -0.39 is 155 Å². The summed E-state index contributed by atoms with van der Waals surface area (Å²) in [6.07, 6.45) is -26.6. The van der Waals surface area contributed by atoms with Gasteiger partial charge in [-0.25, -0.2) is 4.79 Å². The Kier molecular flexibility index (Phi) is 15.9. The summed E-state index contributed by atoms with van der Waals surface area (Å²) in [6, 6.07) is 11.1. The Labute approximate surface area is 357 Å². The summed E-state index contributed by atoms with van der Waals surface area (Å²) in [5.74, 6) is -1.89. The predicted octanol–water partition coefficient (Wildman–Crippen LogP) is -4.80. The molecule has 0 unspecified atom stereocenters. The molecule has 0 aliphatic carbocycles. The van der Waals surface area contributed by atoms with E-state index in [4.69, 9.17) is 42.6 Å². The minimum absolute atomic E-state index is 0.169. The zero-order valence-electron chi connectivity index (χ0n) is 32.9. The maximum atomic E-state index is 12.3. The molecule has 0 amide bonds. The number of rotatable bonds is 15. The van der Waals surface area contributed by atoms with Crippen LogP contribution in [0, 0.1) is 11.3 Å². The summed E-state index contributed by atoms with van der Waals surface area (Å²) in [4.78, 5) is 12.3. The SMILES string of the molecule is N#C[C@@H](O[C@@H]1O[C@H](CO[C@@H]2OC[C@@H](O[C@H]3OC[C@](O)(CO[C@@H]4O[C@@H](COC(=O)C=Cc5ccc(O)c(O)c5)[C@H](O)[C@H](O)[C@H]4O)[C@@H]3O)[C@H](O)[C@H]2O)[C@@H](O)[C@@H](O)[C@H]1O)c1cccc(O)c1. The van der Waals surface area contributed by atoms with Crippen molar-refractivity contribution >= 4 is 12.0 Å². The number of ether oxygens (including phenoxy) is 9. The molecule has 0 radical (unpaired) electrons. The van der Waals surface area contributed by atoms with E-state index in [2.05, 4.69) is 0 Å². The van der Waals surface area contributed by atoms with Gasteiger partial charge in [-0.05, 0) is 41.5 Å². The van der Waals surface area contributed by atoms with Gasteiger partial charge in [0.1, 0.15) is 91.2 Å². The molecule has 13 N–H and O–H groups in total. The fourth-order valence-corrected chi connectivity index (χ4v) is 6.90. The van der Waals surface area contributed by atoms with Crippen molar-refractivity contribution in [2.45, 2.75) is 110 Å². The highest BCUT2D eigenvalue weighted by atomic mass is 16.8. The van der Waals surface area contributed by atoms with E-state index in [9.17, 15) is 76.4 Å². The van der Waals surface area contributed by atoms with Crippen molar-refractivity contribution in [3.8, 4) is 23.3 Å². The summed E-state index contributed by atoms with van der Waals surface area (Å²) in [7, 11) is 0. The second kappa shape index (κ2) is 20.8. The Morgan fingerprint density at radius 2 is 1.43 bits per heavy atom. The fraction of sp³-hybridized carbons (Fsp3) is 0.590. The van der Waals surface area contributed by atoms with Crippen molar-refractivity contribution < 1.29 is 114 Å². The van der Waals surface area contributed by atoms with E-state index >= 15 is 0 Å². The van der Waals surface area contributed by atoms with Gasteiger partial charge in [-0.15, -0.1) is 0 Å². The minimum atomic E-state index is -2.26. The summed E-state index contributed by atoms with van der Waals surface area (Å²) < 4.78 is 49.2. The molecule has 24 heteroatoms. The van der Waals surface area contributed by atoms with Gasteiger partial charge in [0.25, 0.3) is 0 Å². The number of hydrogen-bond donors (Lipinski definition) is 13. The highest BCUT2D eigenvalue weighted by Crippen LogP contribution is 2.33. The number of phenolic OH excluding ortho intramolecular Hbond substituents is 3. The second-order valence-electron chi connectivity index (χ2n) is 15.2. The molecule has 4 aliphatic heterocycles. The average Bonchev–Trinajstić information content (AvgIpc) is 3.54. The number of aliphatic hydroxyl groups is 10. The Hall–Kier alpha value is -4.18. The molecule has 2 aromatic rings. The van der Waals surface area contributed by atoms with Crippen molar-refractivity contribution in [3.63, 3.8) is 0 Å². The van der Waals surface area contributed by atoms with Gasteiger partial charge in [-0.3, -0.25) is 0 Å². The number of nitrogens with zero attached hydrogens (tertiary/aromatic N) is 1. The Bertz CT molecular complexity index is 1920. The van der Waals surface area contributed by atoms with Crippen molar-refractivity contribution in [2.24, 2.45) is 0 Å². The second-order valence-corrected chi connectivity index (χ2v) is 15.2. The van der Waals surface area contributed by atoms with Gasteiger partial charge in [0.2, 0.25) is 0 Å². The van der Waals surface area contributed by atoms with Crippen LogP contribution in [0.2, 0.25) is 0 Å². The molecule has 2 aromatic carbocycles. The number of aliphatic hydroxyl groups excluding tert-OH is 9. The van der Waals surface area contributed by atoms with Crippen LogP contribution in [0.4, 0.5) is 0 Å². The molecule has 0 saturated carbocycles. The summed E-state index contributed by atoms with van der Waals surface area (Å²) >= 11 is 0. The van der Waals surface area contributed by atoms with Crippen LogP contribution in [-0.2, 0) is 47.4 Å². The summed E-state index contributed by atoms with van der Waals surface area (Å²) in [6.45, 7) is -3.22. The Morgan fingerprint density at radius 3 is 2.11 bits per heavy atom. The average molecular weight is 900 g/mol. The number of nitriles is 1. The number of phenols is 3. The van der Waals surface area contributed by atoms with E-state index in [1.54, 1.807) is 0 Å². The fourth-order valence-electron chi connectivity index (χ4n) is 6.90. The van der Waals surface area contributed by atoms with Crippen molar-refractivity contribution in [1.82, 2.24) is 0 Å². The lowest BCUT2D eigenvalue weighted by Crippen LogP contribution is -2.61. The molecular weight excluding hydrogens is 850 g/mol. The van der Waals surface area contributed by atoms with Crippen LogP contribution in [0.15, 0.2) is 48.5 Å². The van der Waals surface area contributed by atoms with Crippen molar-refractivity contribution in [3.05, 3.63) is 59.7 Å². The monoisotopic (exact) mass is 899 g/mol. The number of carbonyl (C=O) groups is 1. The molecule has 24 nitrogen and oxygen atoms in total. The van der Waals surface area contributed by atoms with Crippen LogP contribution >= 0.6 is 0 Å². The molecule has 4 heterocycles. The molecule has 348 valence electrons. The third-order valence-corrected chi connectivity index (χ3v) is 10.7. The van der Waals surface area contributed by atoms with E-state index in [1.165, 1.54) is 48.5 Å². The van der Waals surface area contributed by atoms with Gasteiger partial charge < -0.3 is 109 Å². The van der Waals surface area contributed by atoms with Gasteiger partial charge in [0, 0.05) is 6.08 Å². The van der Waals surface area contributed by atoms with Crippen molar-refractivity contribution in [1.29, 1.82) is 5.26 Å². The third kappa shape index (κ3) is 11.2. The third-order valence-electron chi connectivity index (χ3n) is 10.7. The molecule has 0 spiro atoms. The van der Waals surface area contributed by atoms with Crippen LogP contribution in [0.3, 0.4) is 0 Å². The van der Waals surface area contributed by atoms with Crippen LogP contribution < -0.4 is 0 Å². The van der Waals surface area contributed by atoms with E-state index in [1.807, 2.05) is 6.07 Å². The van der Waals surface area contributed by atoms with Gasteiger partial charge >= 0.3 is 5.97 Å². The largest absolute Gasteiger partial charge is 0.508 e. The maximum Gasteiger partial charge on any atom is 0.330 e. The molecule has 4 aliphatic rings. The molecule has 0 aromatic heterocycles. The summed E-state index contributed by atoms with van der Waals surface area (Å²) in [5, 5.41) is 145. The number of hydrogen-bond acceptors (Lipinski definition) is 24. The smallest absolute Gasteiger partial charge is 0.330 e. The van der Waals surface area contributed by atoms with Gasteiger partial charge in [0.15, 0.2) is 42.8 Å². The predicted molar refractivity (Wildman–Crippen MR) is 200 cm³/mol. The molecular formula is C39H49NO23. The minimum Gasteiger partial charge on any atom is -0.508 e.